The topological polar surface area (TPSA) is 46.2 Å². The minimum Gasteiger partial charge on any atom is -0.392 e. The number of unbranched alkanes of at least 4 members (excludes halogenated alkanes) is 1. The molecule has 2 heteroatoms. The summed E-state index contributed by atoms with van der Waals surface area (Å²) in [6.45, 7) is 4.21. The lowest BCUT2D eigenvalue weighted by molar-refractivity contribution is 0.128. The number of aliphatic hydroxyl groups is 1. The second-order valence-corrected chi connectivity index (χ2v) is 3.16. The lowest BCUT2D eigenvalue weighted by Gasteiger charge is -2.17. The molecule has 0 fully saturated rings. The average Bonchev–Trinajstić information content (AvgIpc) is 2.00. The third-order valence-corrected chi connectivity index (χ3v) is 1.97. The Bertz CT molecular complexity index is 85.6. The van der Waals surface area contributed by atoms with Crippen molar-refractivity contribution >= 4 is 0 Å². The Morgan fingerprint density at radius 1 is 1.18 bits per heavy atom. The van der Waals surface area contributed by atoms with Crippen LogP contribution in [0.1, 0.15) is 46.0 Å². The van der Waals surface area contributed by atoms with Gasteiger partial charge in [-0.1, -0.05) is 33.1 Å². The molecule has 0 aliphatic rings. The normalized spacial score (nSPS) is 16.4. The molecule has 0 bridgehead atoms. The van der Waals surface area contributed by atoms with Crippen LogP contribution in [0, 0.1) is 0 Å². The molecule has 0 saturated heterocycles. The Morgan fingerprint density at radius 3 is 2.27 bits per heavy atom. The van der Waals surface area contributed by atoms with Crippen LogP contribution in [0.15, 0.2) is 0 Å². The molecule has 0 aliphatic heterocycles. The van der Waals surface area contributed by atoms with E-state index in [0.717, 1.165) is 32.1 Å². The van der Waals surface area contributed by atoms with Crippen LogP contribution in [0.25, 0.3) is 0 Å². The zero-order chi connectivity index (χ0) is 8.69. The molecule has 0 aromatic carbocycles. The first-order chi connectivity index (χ1) is 5.22. The third kappa shape index (κ3) is 5.22. The second-order valence-electron chi connectivity index (χ2n) is 3.16. The fourth-order valence-corrected chi connectivity index (χ4v) is 1.15. The summed E-state index contributed by atoms with van der Waals surface area (Å²) in [6, 6.07) is -0.00782. The minimum atomic E-state index is -0.283. The zero-order valence-corrected chi connectivity index (χ0v) is 7.71. The van der Waals surface area contributed by atoms with Gasteiger partial charge >= 0.3 is 0 Å². The molecule has 0 heterocycles. The molecular weight excluding hydrogens is 138 g/mol. The van der Waals surface area contributed by atoms with Crippen LogP contribution in [0.5, 0.6) is 0 Å². The standard InChI is InChI=1S/C9H21NO/c1-3-5-7-9(11)8(10)6-4-2/h8-9,11H,3-7,10H2,1-2H3/t8-,9-/m0/s1. The molecule has 2 atom stereocenters. The fourth-order valence-electron chi connectivity index (χ4n) is 1.15. The van der Waals surface area contributed by atoms with Crippen LogP contribution in [0.2, 0.25) is 0 Å². The van der Waals surface area contributed by atoms with E-state index >= 15 is 0 Å². The van der Waals surface area contributed by atoms with E-state index in [1.54, 1.807) is 0 Å². The van der Waals surface area contributed by atoms with E-state index in [2.05, 4.69) is 13.8 Å². The van der Waals surface area contributed by atoms with Crippen molar-refractivity contribution in [1.29, 1.82) is 0 Å². The van der Waals surface area contributed by atoms with Crippen molar-refractivity contribution in [3.63, 3.8) is 0 Å². The molecule has 0 aromatic rings. The first-order valence-corrected chi connectivity index (χ1v) is 4.66. The molecule has 0 saturated carbocycles. The summed E-state index contributed by atoms with van der Waals surface area (Å²) in [5, 5.41) is 9.45. The summed E-state index contributed by atoms with van der Waals surface area (Å²) < 4.78 is 0. The molecule has 0 aromatic heterocycles. The van der Waals surface area contributed by atoms with Gasteiger partial charge in [-0.3, -0.25) is 0 Å². The molecule has 0 radical (unpaired) electrons. The maximum Gasteiger partial charge on any atom is 0.0691 e. The maximum atomic E-state index is 9.45. The number of hydrogen-bond donors (Lipinski definition) is 2. The Hall–Kier alpha value is -0.0800. The molecule has 3 N–H and O–H groups in total. The van der Waals surface area contributed by atoms with Gasteiger partial charge in [0, 0.05) is 6.04 Å². The summed E-state index contributed by atoms with van der Waals surface area (Å²) in [6.07, 6.45) is 4.79. The highest BCUT2D eigenvalue weighted by atomic mass is 16.3. The van der Waals surface area contributed by atoms with E-state index in [0.29, 0.717) is 0 Å². The monoisotopic (exact) mass is 159 g/mol. The van der Waals surface area contributed by atoms with Gasteiger partial charge in [0.15, 0.2) is 0 Å². The van der Waals surface area contributed by atoms with Crippen molar-refractivity contribution in [2.45, 2.75) is 58.1 Å². The van der Waals surface area contributed by atoms with Crippen LogP contribution in [0.3, 0.4) is 0 Å². The maximum absolute atomic E-state index is 9.45. The first-order valence-electron chi connectivity index (χ1n) is 4.66. The quantitative estimate of drug-likeness (QED) is 0.619. The Balaban J connectivity index is 3.38. The van der Waals surface area contributed by atoms with Crippen molar-refractivity contribution in [1.82, 2.24) is 0 Å². The molecule has 11 heavy (non-hydrogen) atoms. The Kier molecular flexibility index (Phi) is 6.57. The molecule has 0 spiro atoms. The van der Waals surface area contributed by atoms with Crippen LogP contribution in [-0.4, -0.2) is 17.3 Å². The summed E-state index contributed by atoms with van der Waals surface area (Å²) in [5.74, 6) is 0. The van der Waals surface area contributed by atoms with Crippen LogP contribution >= 0.6 is 0 Å². The van der Waals surface area contributed by atoms with Crippen molar-refractivity contribution < 1.29 is 5.11 Å². The summed E-state index contributed by atoms with van der Waals surface area (Å²) >= 11 is 0. The average molecular weight is 159 g/mol. The molecule has 0 unspecified atom stereocenters. The highest BCUT2D eigenvalue weighted by molar-refractivity contribution is 4.70. The Morgan fingerprint density at radius 2 is 1.82 bits per heavy atom. The van der Waals surface area contributed by atoms with Gasteiger partial charge in [-0.15, -0.1) is 0 Å². The van der Waals surface area contributed by atoms with Crippen molar-refractivity contribution in [3.8, 4) is 0 Å². The molecule has 0 rings (SSSR count). The van der Waals surface area contributed by atoms with Gasteiger partial charge < -0.3 is 10.8 Å². The number of aliphatic hydroxyl groups excluding tert-OH is 1. The first kappa shape index (κ1) is 10.9. The zero-order valence-electron chi connectivity index (χ0n) is 7.71. The molecular formula is C9H21NO. The van der Waals surface area contributed by atoms with Gasteiger partial charge in [0.1, 0.15) is 0 Å². The van der Waals surface area contributed by atoms with E-state index in [1.807, 2.05) is 0 Å². The highest BCUT2D eigenvalue weighted by Gasteiger charge is 2.11. The largest absolute Gasteiger partial charge is 0.392 e. The predicted octanol–water partition coefficient (Wildman–Crippen LogP) is 1.66. The summed E-state index contributed by atoms with van der Waals surface area (Å²) in [7, 11) is 0. The highest BCUT2D eigenvalue weighted by Crippen LogP contribution is 2.06. The molecule has 0 aliphatic carbocycles. The van der Waals surface area contributed by atoms with E-state index in [-0.39, 0.29) is 12.1 Å². The van der Waals surface area contributed by atoms with E-state index < -0.39 is 0 Å². The van der Waals surface area contributed by atoms with Gasteiger partial charge in [-0.05, 0) is 12.8 Å². The van der Waals surface area contributed by atoms with Crippen LogP contribution < -0.4 is 5.73 Å². The number of hydrogen-bond acceptors (Lipinski definition) is 2. The van der Waals surface area contributed by atoms with Crippen molar-refractivity contribution in [2.24, 2.45) is 5.73 Å². The smallest absolute Gasteiger partial charge is 0.0691 e. The molecule has 68 valence electrons. The fraction of sp³-hybridized carbons (Fsp3) is 1.00. The number of rotatable bonds is 6. The van der Waals surface area contributed by atoms with Crippen LogP contribution in [0.4, 0.5) is 0 Å². The molecule has 0 amide bonds. The van der Waals surface area contributed by atoms with E-state index in [4.69, 9.17) is 5.73 Å². The number of nitrogens with two attached hydrogens (primary N) is 1. The summed E-state index contributed by atoms with van der Waals surface area (Å²) in [4.78, 5) is 0. The minimum absolute atomic E-state index is 0.00782. The van der Waals surface area contributed by atoms with Gasteiger partial charge in [-0.2, -0.15) is 0 Å². The molecule has 2 nitrogen and oxygen atoms in total. The second kappa shape index (κ2) is 6.62. The van der Waals surface area contributed by atoms with Gasteiger partial charge in [0.05, 0.1) is 6.10 Å². The SMILES string of the molecule is CCCC[C@H](O)[C@@H](N)CCC. The third-order valence-electron chi connectivity index (χ3n) is 1.97. The van der Waals surface area contributed by atoms with Crippen LogP contribution in [-0.2, 0) is 0 Å². The Labute approximate surface area is 69.8 Å². The summed E-state index contributed by atoms with van der Waals surface area (Å²) in [5.41, 5.74) is 5.72. The lowest BCUT2D eigenvalue weighted by Crippen LogP contribution is -2.34. The predicted molar refractivity (Wildman–Crippen MR) is 48.4 cm³/mol. The van der Waals surface area contributed by atoms with Gasteiger partial charge in [0.2, 0.25) is 0 Å². The van der Waals surface area contributed by atoms with Crippen molar-refractivity contribution in [3.05, 3.63) is 0 Å². The van der Waals surface area contributed by atoms with Gasteiger partial charge in [0.25, 0.3) is 0 Å². The van der Waals surface area contributed by atoms with E-state index in [1.165, 1.54) is 0 Å². The van der Waals surface area contributed by atoms with E-state index in [9.17, 15) is 5.11 Å². The lowest BCUT2D eigenvalue weighted by atomic mass is 10.0. The van der Waals surface area contributed by atoms with Crippen molar-refractivity contribution in [2.75, 3.05) is 0 Å². The van der Waals surface area contributed by atoms with Gasteiger partial charge in [-0.25, -0.2) is 0 Å².